The predicted octanol–water partition coefficient (Wildman–Crippen LogP) is 4.11. The van der Waals surface area contributed by atoms with Gasteiger partial charge in [-0.3, -0.25) is 4.79 Å². The van der Waals surface area contributed by atoms with Crippen molar-refractivity contribution < 1.29 is 13.6 Å². The van der Waals surface area contributed by atoms with Crippen molar-refractivity contribution in [1.29, 1.82) is 0 Å². The standard InChI is InChI=1S/C20H21F2N3O/c1-14(23-24-20(26)15-5-8-17(21)9-6-15)16-7-10-19(18(22)13-16)25-11-3-2-4-12-25/h5-10,13H,2-4,11-12H2,1H3,(H,24,26)/b23-14-. The van der Waals surface area contributed by atoms with Crippen LogP contribution in [0, 0.1) is 11.6 Å². The molecule has 1 N–H and O–H groups in total. The van der Waals surface area contributed by atoms with Gasteiger partial charge in [0.2, 0.25) is 0 Å². The number of halogens is 2. The van der Waals surface area contributed by atoms with E-state index in [0.717, 1.165) is 25.9 Å². The number of anilines is 1. The van der Waals surface area contributed by atoms with Gasteiger partial charge in [0.05, 0.1) is 11.4 Å². The van der Waals surface area contributed by atoms with Gasteiger partial charge in [-0.05, 0) is 62.6 Å². The minimum absolute atomic E-state index is 0.288. The first kappa shape index (κ1) is 18.0. The zero-order valence-corrected chi connectivity index (χ0v) is 14.6. The van der Waals surface area contributed by atoms with Crippen LogP contribution in [0.5, 0.6) is 0 Å². The van der Waals surface area contributed by atoms with Crippen molar-refractivity contribution in [2.75, 3.05) is 18.0 Å². The number of amides is 1. The third kappa shape index (κ3) is 4.25. The van der Waals surface area contributed by atoms with Gasteiger partial charge in [-0.15, -0.1) is 0 Å². The lowest BCUT2D eigenvalue weighted by molar-refractivity contribution is 0.0955. The molecule has 1 aliphatic heterocycles. The Labute approximate surface area is 151 Å². The summed E-state index contributed by atoms with van der Waals surface area (Å²) in [7, 11) is 0. The van der Waals surface area contributed by atoms with Crippen LogP contribution in [0.2, 0.25) is 0 Å². The molecule has 1 amide bonds. The van der Waals surface area contributed by atoms with Gasteiger partial charge in [0, 0.05) is 24.2 Å². The largest absolute Gasteiger partial charge is 0.369 e. The van der Waals surface area contributed by atoms with Gasteiger partial charge in [-0.1, -0.05) is 6.07 Å². The van der Waals surface area contributed by atoms with Crippen molar-refractivity contribution in [2.24, 2.45) is 5.10 Å². The molecule has 1 aliphatic rings. The number of hydrogen-bond acceptors (Lipinski definition) is 3. The molecule has 6 heteroatoms. The summed E-state index contributed by atoms with van der Waals surface area (Å²) >= 11 is 0. The number of rotatable bonds is 4. The maximum absolute atomic E-state index is 14.5. The van der Waals surface area contributed by atoms with Crippen LogP contribution in [0.25, 0.3) is 0 Å². The molecule has 0 saturated carbocycles. The number of carbonyl (C=O) groups excluding carboxylic acids is 1. The molecular formula is C20H21F2N3O. The van der Waals surface area contributed by atoms with Crippen molar-refractivity contribution in [1.82, 2.24) is 5.43 Å². The van der Waals surface area contributed by atoms with E-state index >= 15 is 0 Å². The number of hydrazone groups is 1. The molecule has 0 atom stereocenters. The molecule has 3 rings (SSSR count). The third-order valence-corrected chi connectivity index (χ3v) is 4.49. The van der Waals surface area contributed by atoms with E-state index in [-0.39, 0.29) is 5.82 Å². The summed E-state index contributed by atoms with van der Waals surface area (Å²) in [6.07, 6.45) is 3.35. The molecule has 26 heavy (non-hydrogen) atoms. The average molecular weight is 357 g/mol. The van der Waals surface area contributed by atoms with Crippen LogP contribution in [-0.2, 0) is 0 Å². The maximum atomic E-state index is 14.5. The Morgan fingerprint density at radius 2 is 1.65 bits per heavy atom. The fraction of sp³-hybridized carbons (Fsp3) is 0.300. The van der Waals surface area contributed by atoms with E-state index in [9.17, 15) is 13.6 Å². The van der Waals surface area contributed by atoms with Crippen LogP contribution in [-0.4, -0.2) is 24.7 Å². The summed E-state index contributed by atoms with van der Waals surface area (Å²) in [6, 6.07) is 10.2. The van der Waals surface area contributed by atoms with E-state index in [1.54, 1.807) is 19.1 Å². The van der Waals surface area contributed by atoms with E-state index in [1.165, 1.54) is 36.8 Å². The fourth-order valence-electron chi connectivity index (χ4n) is 2.99. The summed E-state index contributed by atoms with van der Waals surface area (Å²) in [4.78, 5) is 14.1. The van der Waals surface area contributed by atoms with Crippen LogP contribution >= 0.6 is 0 Å². The number of nitrogens with one attached hydrogen (secondary N) is 1. The predicted molar refractivity (Wildman–Crippen MR) is 98.5 cm³/mol. The summed E-state index contributed by atoms with van der Waals surface area (Å²) < 4.78 is 27.4. The second-order valence-corrected chi connectivity index (χ2v) is 6.36. The second-order valence-electron chi connectivity index (χ2n) is 6.36. The fourth-order valence-corrected chi connectivity index (χ4v) is 2.99. The van der Waals surface area contributed by atoms with Crippen LogP contribution in [0.15, 0.2) is 47.6 Å². The Balaban J connectivity index is 1.69. The highest BCUT2D eigenvalue weighted by atomic mass is 19.1. The summed E-state index contributed by atoms with van der Waals surface area (Å²) in [6.45, 7) is 3.44. The summed E-state index contributed by atoms with van der Waals surface area (Å²) in [5.74, 6) is -1.15. The Kier molecular flexibility index (Phi) is 5.61. The molecule has 0 aliphatic carbocycles. The Morgan fingerprint density at radius 1 is 1.00 bits per heavy atom. The molecule has 1 saturated heterocycles. The molecule has 4 nitrogen and oxygen atoms in total. The molecule has 136 valence electrons. The molecule has 0 unspecified atom stereocenters. The van der Waals surface area contributed by atoms with Crippen molar-refractivity contribution >= 4 is 17.3 Å². The molecule has 0 radical (unpaired) electrons. The molecular weight excluding hydrogens is 336 g/mol. The highest BCUT2D eigenvalue weighted by Gasteiger charge is 2.15. The first-order valence-electron chi connectivity index (χ1n) is 8.69. The van der Waals surface area contributed by atoms with Gasteiger partial charge < -0.3 is 4.90 Å². The number of carbonyl (C=O) groups is 1. The number of piperidine rings is 1. The Bertz CT molecular complexity index is 812. The second kappa shape index (κ2) is 8.08. The zero-order valence-electron chi connectivity index (χ0n) is 14.6. The average Bonchev–Trinajstić information content (AvgIpc) is 2.67. The topological polar surface area (TPSA) is 44.7 Å². The minimum Gasteiger partial charge on any atom is -0.369 e. The summed E-state index contributed by atoms with van der Waals surface area (Å²) in [5, 5.41) is 4.02. The van der Waals surface area contributed by atoms with Crippen LogP contribution in [0.3, 0.4) is 0 Å². The van der Waals surface area contributed by atoms with Crippen LogP contribution in [0.4, 0.5) is 14.5 Å². The van der Waals surface area contributed by atoms with Gasteiger partial charge in [-0.2, -0.15) is 5.10 Å². The normalized spacial score (nSPS) is 15.0. The molecule has 0 spiro atoms. The van der Waals surface area contributed by atoms with Gasteiger partial charge >= 0.3 is 0 Å². The molecule has 0 bridgehead atoms. The van der Waals surface area contributed by atoms with E-state index in [1.807, 2.05) is 0 Å². The van der Waals surface area contributed by atoms with E-state index in [0.29, 0.717) is 22.5 Å². The lowest BCUT2D eigenvalue weighted by Crippen LogP contribution is -2.30. The molecule has 2 aromatic rings. The van der Waals surface area contributed by atoms with E-state index in [4.69, 9.17) is 0 Å². The smallest absolute Gasteiger partial charge is 0.271 e. The maximum Gasteiger partial charge on any atom is 0.271 e. The van der Waals surface area contributed by atoms with Gasteiger partial charge in [0.15, 0.2) is 0 Å². The highest BCUT2D eigenvalue weighted by Crippen LogP contribution is 2.24. The SMILES string of the molecule is C/C(=N/NC(=O)c1ccc(F)cc1)c1ccc(N2CCCCC2)c(F)c1. The molecule has 1 heterocycles. The van der Waals surface area contributed by atoms with Crippen molar-refractivity contribution in [2.45, 2.75) is 26.2 Å². The quantitative estimate of drug-likeness (QED) is 0.661. The first-order valence-corrected chi connectivity index (χ1v) is 8.69. The van der Waals surface area contributed by atoms with Crippen molar-refractivity contribution in [3.8, 4) is 0 Å². The lowest BCUT2D eigenvalue weighted by atomic mass is 10.1. The lowest BCUT2D eigenvalue weighted by Gasteiger charge is -2.29. The van der Waals surface area contributed by atoms with Gasteiger partial charge in [-0.25, -0.2) is 14.2 Å². The van der Waals surface area contributed by atoms with Gasteiger partial charge in [0.1, 0.15) is 11.6 Å². The van der Waals surface area contributed by atoms with Gasteiger partial charge in [0.25, 0.3) is 5.91 Å². The molecule has 2 aromatic carbocycles. The number of nitrogens with zero attached hydrogens (tertiary/aromatic N) is 2. The monoisotopic (exact) mass is 357 g/mol. The van der Waals surface area contributed by atoms with Crippen molar-refractivity contribution in [3.63, 3.8) is 0 Å². The number of hydrogen-bond donors (Lipinski definition) is 1. The van der Waals surface area contributed by atoms with E-state index < -0.39 is 11.7 Å². The summed E-state index contributed by atoms with van der Waals surface area (Å²) in [5.41, 5.74) is 4.41. The Hall–Kier alpha value is -2.76. The third-order valence-electron chi connectivity index (χ3n) is 4.49. The Morgan fingerprint density at radius 3 is 2.31 bits per heavy atom. The first-order chi connectivity index (χ1) is 12.5. The molecule has 1 fully saturated rings. The van der Waals surface area contributed by atoms with Crippen LogP contribution < -0.4 is 10.3 Å². The zero-order chi connectivity index (χ0) is 18.5. The van der Waals surface area contributed by atoms with E-state index in [2.05, 4.69) is 15.4 Å². The van der Waals surface area contributed by atoms with Crippen molar-refractivity contribution in [3.05, 3.63) is 65.2 Å². The van der Waals surface area contributed by atoms with Crippen LogP contribution in [0.1, 0.15) is 42.1 Å². The number of benzene rings is 2. The molecule has 0 aromatic heterocycles. The minimum atomic E-state index is -0.449. The highest BCUT2D eigenvalue weighted by molar-refractivity contribution is 6.01.